The third kappa shape index (κ3) is 2.32. The molecule has 1 N–H and O–H groups in total. The molecule has 0 spiro atoms. The van der Waals surface area contributed by atoms with Crippen LogP contribution < -0.4 is 0 Å². The summed E-state index contributed by atoms with van der Waals surface area (Å²) in [7, 11) is 0. The Bertz CT molecular complexity index is 351. The highest BCUT2D eigenvalue weighted by molar-refractivity contribution is 5.11. The first-order chi connectivity index (χ1) is 9.43. The maximum absolute atomic E-state index is 10.2. The lowest BCUT2D eigenvalue weighted by atomic mass is 9.70. The molecule has 2 bridgehead atoms. The molecule has 3 heteroatoms. The fraction of sp³-hybridized carbons (Fsp3) is 1.00. The summed E-state index contributed by atoms with van der Waals surface area (Å²) in [5.74, 6) is 0.813. The van der Waals surface area contributed by atoms with Crippen molar-refractivity contribution in [1.82, 2.24) is 4.90 Å². The predicted octanol–water partition coefficient (Wildman–Crippen LogP) is 2.67. The Morgan fingerprint density at radius 1 is 1.25 bits per heavy atom. The average Bonchev–Trinajstić information content (AvgIpc) is 3.01. The van der Waals surface area contributed by atoms with Crippen molar-refractivity contribution in [3.8, 4) is 0 Å². The zero-order valence-electron chi connectivity index (χ0n) is 13.4. The molecule has 1 heterocycles. The largest absolute Gasteiger partial charge is 0.389 e. The maximum Gasteiger partial charge on any atom is 0.0900 e. The van der Waals surface area contributed by atoms with Gasteiger partial charge in [-0.25, -0.2) is 0 Å². The highest BCUT2D eigenvalue weighted by Gasteiger charge is 2.61. The maximum atomic E-state index is 10.2. The number of hydrogen-bond donors (Lipinski definition) is 1. The van der Waals surface area contributed by atoms with Crippen LogP contribution in [0.3, 0.4) is 0 Å². The number of fused-ring (bicyclic) bond motifs is 2. The number of β-amino-alcohol motifs (C(OH)–C–C–N with tert-alkyl or cyclic N) is 1. The van der Waals surface area contributed by atoms with Gasteiger partial charge in [0.1, 0.15) is 0 Å². The molecule has 0 unspecified atom stereocenters. The van der Waals surface area contributed by atoms with Crippen molar-refractivity contribution in [2.24, 2.45) is 16.7 Å². The summed E-state index contributed by atoms with van der Waals surface area (Å²) < 4.78 is 6.17. The number of aliphatic hydroxyl groups is 1. The third-order valence-corrected chi connectivity index (χ3v) is 6.87. The zero-order chi connectivity index (χ0) is 14.4. The van der Waals surface area contributed by atoms with Crippen LogP contribution in [0.15, 0.2) is 0 Å². The van der Waals surface area contributed by atoms with Crippen LogP contribution in [0.25, 0.3) is 0 Å². The molecular formula is C17H31NO2. The van der Waals surface area contributed by atoms with Gasteiger partial charge in [0.15, 0.2) is 0 Å². The minimum Gasteiger partial charge on any atom is -0.389 e. The van der Waals surface area contributed by atoms with Crippen molar-refractivity contribution in [2.75, 3.05) is 26.2 Å². The van der Waals surface area contributed by atoms with E-state index in [1.165, 1.54) is 32.1 Å². The quantitative estimate of drug-likeness (QED) is 0.841. The smallest absolute Gasteiger partial charge is 0.0900 e. The first-order valence-electron chi connectivity index (χ1n) is 8.45. The standard InChI is InChI=1S/C17H31NO2/c1-16(2)13-6-7-17(16,3)15(10-13)20-12-14(19)11-18-8-4-5-9-18/h13-15,19H,4-12H2,1-3H3/t13-,14-,15-,17-/m1/s1. The molecule has 4 atom stereocenters. The molecule has 2 aliphatic carbocycles. The summed E-state index contributed by atoms with van der Waals surface area (Å²) in [6, 6.07) is 0. The van der Waals surface area contributed by atoms with E-state index in [1.54, 1.807) is 0 Å². The molecule has 0 aromatic heterocycles. The molecule has 0 amide bonds. The first-order valence-corrected chi connectivity index (χ1v) is 8.45. The van der Waals surface area contributed by atoms with Gasteiger partial charge in [-0.05, 0) is 61.9 Å². The molecule has 2 saturated carbocycles. The molecule has 3 fully saturated rings. The van der Waals surface area contributed by atoms with Gasteiger partial charge in [-0.15, -0.1) is 0 Å². The molecule has 0 radical (unpaired) electrons. The molecular weight excluding hydrogens is 250 g/mol. The summed E-state index contributed by atoms with van der Waals surface area (Å²) in [5.41, 5.74) is 0.711. The Morgan fingerprint density at radius 3 is 2.50 bits per heavy atom. The van der Waals surface area contributed by atoms with Crippen LogP contribution in [0, 0.1) is 16.7 Å². The lowest BCUT2D eigenvalue weighted by molar-refractivity contribution is -0.0785. The third-order valence-electron chi connectivity index (χ3n) is 6.87. The molecule has 1 aliphatic heterocycles. The van der Waals surface area contributed by atoms with Gasteiger partial charge in [0.05, 0.1) is 18.8 Å². The first kappa shape index (κ1) is 14.8. The number of aliphatic hydroxyl groups excluding tert-OH is 1. The van der Waals surface area contributed by atoms with E-state index in [-0.39, 0.29) is 6.10 Å². The van der Waals surface area contributed by atoms with Crippen LogP contribution in [-0.4, -0.2) is 48.5 Å². The van der Waals surface area contributed by atoms with Gasteiger partial charge in [-0.1, -0.05) is 20.8 Å². The van der Waals surface area contributed by atoms with Gasteiger partial charge < -0.3 is 14.7 Å². The van der Waals surface area contributed by atoms with Gasteiger partial charge in [0.2, 0.25) is 0 Å². The van der Waals surface area contributed by atoms with Crippen molar-refractivity contribution >= 4 is 0 Å². The lowest BCUT2D eigenvalue weighted by Crippen LogP contribution is -2.40. The summed E-state index contributed by atoms with van der Waals surface area (Å²) >= 11 is 0. The van der Waals surface area contributed by atoms with E-state index in [2.05, 4.69) is 25.7 Å². The Kier molecular flexibility index (Phi) is 3.89. The fourth-order valence-corrected chi connectivity index (χ4v) is 4.93. The van der Waals surface area contributed by atoms with Crippen LogP contribution in [-0.2, 0) is 4.74 Å². The number of hydrogen-bond acceptors (Lipinski definition) is 3. The van der Waals surface area contributed by atoms with Crippen LogP contribution >= 0.6 is 0 Å². The van der Waals surface area contributed by atoms with Gasteiger partial charge in [-0.3, -0.25) is 0 Å². The number of rotatable bonds is 5. The highest BCUT2D eigenvalue weighted by atomic mass is 16.5. The molecule has 3 rings (SSSR count). The molecule has 1 saturated heterocycles. The van der Waals surface area contributed by atoms with Crippen LogP contribution in [0.5, 0.6) is 0 Å². The topological polar surface area (TPSA) is 32.7 Å². The monoisotopic (exact) mass is 281 g/mol. The second-order valence-electron chi connectivity index (χ2n) is 8.09. The van der Waals surface area contributed by atoms with Crippen molar-refractivity contribution in [2.45, 2.75) is 65.1 Å². The molecule has 20 heavy (non-hydrogen) atoms. The van der Waals surface area contributed by atoms with E-state index in [1.807, 2.05) is 0 Å². The molecule has 0 aromatic carbocycles. The molecule has 3 nitrogen and oxygen atoms in total. The van der Waals surface area contributed by atoms with E-state index in [9.17, 15) is 5.11 Å². The Labute approximate surface area is 123 Å². The van der Waals surface area contributed by atoms with Crippen LogP contribution in [0.1, 0.15) is 52.9 Å². The van der Waals surface area contributed by atoms with Gasteiger partial charge >= 0.3 is 0 Å². The van der Waals surface area contributed by atoms with Gasteiger partial charge in [0.25, 0.3) is 0 Å². The van der Waals surface area contributed by atoms with Gasteiger partial charge in [0, 0.05) is 6.54 Å². The lowest BCUT2D eigenvalue weighted by Gasteiger charge is -2.39. The van der Waals surface area contributed by atoms with E-state index in [0.29, 0.717) is 23.5 Å². The van der Waals surface area contributed by atoms with Crippen molar-refractivity contribution < 1.29 is 9.84 Å². The van der Waals surface area contributed by atoms with Crippen LogP contribution in [0.4, 0.5) is 0 Å². The summed E-state index contributed by atoms with van der Waals surface area (Å²) in [6.45, 7) is 10.8. The molecule has 3 aliphatic rings. The minimum atomic E-state index is -0.320. The summed E-state index contributed by atoms with van der Waals surface area (Å²) in [4.78, 5) is 2.36. The highest BCUT2D eigenvalue weighted by Crippen LogP contribution is 2.66. The number of ether oxygens (including phenoxy) is 1. The molecule has 116 valence electrons. The normalized spacial score (nSPS) is 41.4. The van der Waals surface area contributed by atoms with E-state index >= 15 is 0 Å². The van der Waals surface area contributed by atoms with Gasteiger partial charge in [-0.2, -0.15) is 0 Å². The molecule has 0 aromatic rings. The average molecular weight is 281 g/mol. The SMILES string of the molecule is CC1(C)[C@@H]2CC[C@]1(C)[C@H](OC[C@H](O)CN1CCCC1)C2. The second-order valence-corrected chi connectivity index (χ2v) is 8.09. The van der Waals surface area contributed by atoms with E-state index in [4.69, 9.17) is 4.74 Å². The van der Waals surface area contributed by atoms with Crippen molar-refractivity contribution in [3.05, 3.63) is 0 Å². The van der Waals surface area contributed by atoms with E-state index < -0.39 is 0 Å². The van der Waals surface area contributed by atoms with Crippen LogP contribution in [0.2, 0.25) is 0 Å². The van der Waals surface area contributed by atoms with Crippen molar-refractivity contribution in [3.63, 3.8) is 0 Å². The predicted molar refractivity (Wildman–Crippen MR) is 80.6 cm³/mol. The Hall–Kier alpha value is -0.120. The van der Waals surface area contributed by atoms with Crippen molar-refractivity contribution in [1.29, 1.82) is 0 Å². The van der Waals surface area contributed by atoms with E-state index in [0.717, 1.165) is 25.6 Å². The Morgan fingerprint density at radius 2 is 1.95 bits per heavy atom. The number of likely N-dealkylation sites (tertiary alicyclic amines) is 1. The zero-order valence-corrected chi connectivity index (χ0v) is 13.4. The summed E-state index contributed by atoms with van der Waals surface area (Å²) in [6.07, 6.45) is 6.44. The fourth-order valence-electron chi connectivity index (χ4n) is 4.93. The Balaban J connectivity index is 1.49. The number of nitrogens with zero attached hydrogens (tertiary/aromatic N) is 1. The minimum absolute atomic E-state index is 0.311. The summed E-state index contributed by atoms with van der Waals surface area (Å²) in [5, 5.41) is 10.2. The second kappa shape index (κ2) is 5.26.